The third-order valence-electron chi connectivity index (χ3n) is 8.82. The molecule has 0 saturated heterocycles. The highest BCUT2D eigenvalue weighted by Crippen LogP contribution is 2.63. The van der Waals surface area contributed by atoms with Crippen molar-refractivity contribution in [3.8, 4) is 0 Å². The lowest BCUT2D eigenvalue weighted by Crippen LogP contribution is -2.40. The van der Waals surface area contributed by atoms with Crippen LogP contribution in [0.1, 0.15) is 72.1 Å². The molecule has 0 aromatic carbocycles. The quantitative estimate of drug-likeness (QED) is 0.497. The van der Waals surface area contributed by atoms with Gasteiger partial charge in [-0.2, -0.15) is 0 Å². The maximum absolute atomic E-state index is 4.73. The minimum atomic E-state index is 0.872. The average Bonchev–Trinajstić information content (AvgIpc) is 2.82. The van der Waals surface area contributed by atoms with Crippen molar-refractivity contribution >= 4 is 0 Å². The highest BCUT2D eigenvalue weighted by Gasteiger charge is 2.56. The number of hydrogen-bond acceptors (Lipinski definition) is 0. The van der Waals surface area contributed by atoms with Gasteiger partial charge in [-0.15, -0.1) is 0 Å². The molecule has 0 amide bonds. The van der Waals surface area contributed by atoms with E-state index in [9.17, 15) is 0 Å². The molecule has 0 spiro atoms. The first-order valence-corrected chi connectivity index (χ1v) is 10.3. The molecule has 0 bridgehead atoms. The van der Waals surface area contributed by atoms with Crippen molar-refractivity contribution in [3.05, 3.63) is 12.2 Å². The van der Waals surface area contributed by atoms with Crippen molar-refractivity contribution in [3.63, 3.8) is 0 Å². The van der Waals surface area contributed by atoms with Crippen LogP contribution < -0.4 is 0 Å². The Morgan fingerprint density at radius 1 is 0.864 bits per heavy atom. The van der Waals surface area contributed by atoms with Gasteiger partial charge in [0.05, 0.1) is 0 Å². The van der Waals surface area contributed by atoms with Gasteiger partial charge >= 0.3 is 0 Å². The highest BCUT2D eigenvalue weighted by molar-refractivity contribution is 5.23. The molecule has 4 aliphatic carbocycles. The normalized spacial score (nSPS) is 54.5. The number of rotatable bonds is 1. The fourth-order valence-corrected chi connectivity index (χ4v) is 7.85. The van der Waals surface area contributed by atoms with Gasteiger partial charge in [0, 0.05) is 0 Å². The van der Waals surface area contributed by atoms with E-state index in [2.05, 4.69) is 20.8 Å². The van der Waals surface area contributed by atoms with E-state index in [1.807, 2.05) is 0 Å². The van der Waals surface area contributed by atoms with E-state index in [0.717, 1.165) is 53.3 Å². The molecular formula is C22H36. The molecule has 0 aliphatic heterocycles. The van der Waals surface area contributed by atoms with Crippen molar-refractivity contribution in [2.75, 3.05) is 0 Å². The summed E-state index contributed by atoms with van der Waals surface area (Å²) < 4.78 is 0. The van der Waals surface area contributed by atoms with Crippen molar-refractivity contribution in [2.24, 2.45) is 53.3 Å². The van der Waals surface area contributed by atoms with Gasteiger partial charge in [0.1, 0.15) is 0 Å². The Balaban J connectivity index is 1.63. The van der Waals surface area contributed by atoms with Gasteiger partial charge < -0.3 is 0 Å². The largest absolute Gasteiger partial charge is 0.0993 e. The van der Waals surface area contributed by atoms with Gasteiger partial charge in [-0.3, -0.25) is 0 Å². The summed E-state index contributed by atoms with van der Waals surface area (Å²) in [5.41, 5.74) is 1.71. The van der Waals surface area contributed by atoms with Gasteiger partial charge in [0.15, 0.2) is 0 Å². The Kier molecular flexibility index (Phi) is 3.94. The highest BCUT2D eigenvalue weighted by atomic mass is 14.6. The van der Waals surface area contributed by atoms with E-state index < -0.39 is 0 Å². The summed E-state index contributed by atoms with van der Waals surface area (Å²) in [6.45, 7) is 12.3. The zero-order valence-electron chi connectivity index (χ0n) is 15.1. The lowest BCUT2D eigenvalue weighted by Gasteiger charge is -2.48. The summed E-state index contributed by atoms with van der Waals surface area (Å²) in [6.07, 6.45) is 12.0. The van der Waals surface area contributed by atoms with Gasteiger partial charge in [-0.05, 0) is 78.9 Å². The molecule has 4 rings (SSSR count). The molecule has 0 radical (unpaired) electrons. The first kappa shape index (κ1) is 15.3. The minimum Gasteiger partial charge on any atom is -0.0993 e. The zero-order valence-corrected chi connectivity index (χ0v) is 15.1. The van der Waals surface area contributed by atoms with Crippen LogP contribution in [-0.4, -0.2) is 0 Å². The fraction of sp³-hybridized carbons (Fsp3) is 0.909. The summed E-state index contributed by atoms with van der Waals surface area (Å²) >= 11 is 0. The molecule has 0 aromatic heterocycles. The molecule has 0 heteroatoms. The SMILES string of the molecule is C=C1C2C(C)C(CC)CCC2C2C[C@H]3CCCC[C@H]3[C@@H](C)C12. The van der Waals surface area contributed by atoms with Gasteiger partial charge in [0.25, 0.3) is 0 Å². The first-order chi connectivity index (χ1) is 10.6. The summed E-state index contributed by atoms with van der Waals surface area (Å²) in [7, 11) is 0. The fourth-order valence-electron chi connectivity index (χ4n) is 7.85. The van der Waals surface area contributed by atoms with Crippen LogP contribution in [0.2, 0.25) is 0 Å². The van der Waals surface area contributed by atoms with Crippen molar-refractivity contribution in [1.82, 2.24) is 0 Å². The van der Waals surface area contributed by atoms with E-state index in [1.165, 1.54) is 44.9 Å². The third-order valence-corrected chi connectivity index (χ3v) is 8.82. The maximum Gasteiger partial charge on any atom is -0.0143 e. The summed E-state index contributed by atoms with van der Waals surface area (Å²) in [4.78, 5) is 0. The van der Waals surface area contributed by atoms with E-state index in [1.54, 1.807) is 12.0 Å². The van der Waals surface area contributed by atoms with Crippen LogP contribution in [0.25, 0.3) is 0 Å². The topological polar surface area (TPSA) is 0 Å². The van der Waals surface area contributed by atoms with Crippen LogP contribution in [0.5, 0.6) is 0 Å². The monoisotopic (exact) mass is 300 g/mol. The molecule has 0 N–H and O–H groups in total. The maximum atomic E-state index is 4.73. The molecule has 9 atom stereocenters. The van der Waals surface area contributed by atoms with Gasteiger partial charge in [0.2, 0.25) is 0 Å². The van der Waals surface area contributed by atoms with Gasteiger partial charge in [-0.25, -0.2) is 0 Å². The van der Waals surface area contributed by atoms with Crippen LogP contribution in [-0.2, 0) is 0 Å². The van der Waals surface area contributed by atoms with E-state index in [-0.39, 0.29) is 0 Å². The molecule has 4 aliphatic rings. The second kappa shape index (κ2) is 5.67. The Labute approximate surface area is 138 Å². The number of hydrogen-bond donors (Lipinski definition) is 0. The van der Waals surface area contributed by atoms with Crippen molar-refractivity contribution < 1.29 is 0 Å². The van der Waals surface area contributed by atoms with Gasteiger partial charge in [-0.1, -0.05) is 58.6 Å². The molecular weight excluding hydrogens is 264 g/mol. The molecule has 124 valence electrons. The first-order valence-electron chi connectivity index (χ1n) is 10.3. The molecule has 0 aromatic rings. The lowest BCUT2D eigenvalue weighted by molar-refractivity contribution is 0.0172. The summed E-state index contributed by atoms with van der Waals surface area (Å²) in [6, 6.07) is 0. The molecule has 4 saturated carbocycles. The predicted molar refractivity (Wildman–Crippen MR) is 94.5 cm³/mol. The van der Waals surface area contributed by atoms with E-state index in [4.69, 9.17) is 6.58 Å². The van der Waals surface area contributed by atoms with Crippen LogP contribution in [0.4, 0.5) is 0 Å². The lowest BCUT2D eigenvalue weighted by atomic mass is 9.57. The standard InChI is InChI=1S/C22H36/c1-5-16-10-11-19-20-12-17-8-6-7-9-18(17)14(3)22(20)15(4)21(19)13(16)2/h13-14,16-22H,4-12H2,1-3H3/t13?,14-,16?,17-,18+,19?,20?,21?,22?/m1/s1. The Hall–Kier alpha value is -0.260. The molecule has 0 heterocycles. The minimum absolute atomic E-state index is 0.872. The number of fused-ring (bicyclic) bond motifs is 4. The van der Waals surface area contributed by atoms with Crippen molar-refractivity contribution in [2.45, 2.75) is 72.1 Å². The third kappa shape index (κ3) is 2.08. The Morgan fingerprint density at radius 2 is 1.59 bits per heavy atom. The summed E-state index contributed by atoms with van der Waals surface area (Å²) in [5.74, 6) is 8.65. The van der Waals surface area contributed by atoms with Crippen LogP contribution in [0.3, 0.4) is 0 Å². The Bertz CT molecular complexity index is 435. The number of allylic oxidation sites excluding steroid dienone is 1. The molecule has 4 fully saturated rings. The van der Waals surface area contributed by atoms with Crippen LogP contribution in [0.15, 0.2) is 12.2 Å². The van der Waals surface area contributed by atoms with Crippen LogP contribution >= 0.6 is 0 Å². The Morgan fingerprint density at radius 3 is 2.36 bits per heavy atom. The average molecular weight is 301 g/mol. The van der Waals surface area contributed by atoms with E-state index >= 15 is 0 Å². The second-order valence-corrected chi connectivity index (χ2v) is 9.36. The van der Waals surface area contributed by atoms with Crippen LogP contribution in [0, 0.1) is 53.3 Å². The second-order valence-electron chi connectivity index (χ2n) is 9.36. The predicted octanol–water partition coefficient (Wildman–Crippen LogP) is 6.32. The van der Waals surface area contributed by atoms with E-state index in [0.29, 0.717) is 0 Å². The molecule has 0 nitrogen and oxygen atoms in total. The zero-order chi connectivity index (χ0) is 15.4. The smallest absolute Gasteiger partial charge is 0.0143 e. The molecule has 22 heavy (non-hydrogen) atoms. The summed E-state index contributed by atoms with van der Waals surface area (Å²) in [5, 5.41) is 0. The van der Waals surface area contributed by atoms with Crippen molar-refractivity contribution in [1.29, 1.82) is 0 Å². The molecule has 6 unspecified atom stereocenters.